The minimum absolute atomic E-state index is 0.0297. The zero-order valence-corrected chi connectivity index (χ0v) is 35.1. The second-order valence-corrected chi connectivity index (χ2v) is 17.3. The van der Waals surface area contributed by atoms with Crippen molar-refractivity contribution < 1.29 is 33.4 Å². The van der Waals surface area contributed by atoms with Crippen LogP contribution in [0.25, 0.3) is 44.2 Å². The number of benzene rings is 3. The van der Waals surface area contributed by atoms with Gasteiger partial charge in [-0.1, -0.05) is 56.3 Å². The van der Waals surface area contributed by atoms with Crippen LogP contribution in [0, 0.1) is 17.8 Å². The number of fused-ring (bicyclic) bond motifs is 5. The number of methoxy groups -OCH3 is 2. The zero-order chi connectivity index (χ0) is 42.4. The maximum Gasteiger partial charge on any atom is 0.407 e. The van der Waals surface area contributed by atoms with Gasteiger partial charge in [0.05, 0.1) is 49.2 Å². The Labute approximate surface area is 354 Å². The van der Waals surface area contributed by atoms with Crippen LogP contribution in [0.3, 0.4) is 0 Å². The average Bonchev–Trinajstić information content (AvgIpc) is 4.15. The summed E-state index contributed by atoms with van der Waals surface area (Å²) < 4.78 is 15.3. The van der Waals surface area contributed by atoms with Crippen molar-refractivity contribution in [1.82, 2.24) is 40.4 Å². The molecular weight excluding hydrogens is 777 g/mol. The van der Waals surface area contributed by atoms with E-state index in [0.29, 0.717) is 32.6 Å². The molecular formula is C46H54N8O7. The average molecular weight is 831 g/mol. The largest absolute Gasteiger partial charge is 0.453 e. The number of aromatic amines is 2. The Hall–Kier alpha value is -5.96. The normalized spacial score (nSPS) is 22.5. The number of alkyl carbamates (subject to hydrolysis) is 2. The number of carbonyl (C=O) groups excluding carboxylic acids is 4. The molecule has 3 aliphatic heterocycles. The molecule has 15 nitrogen and oxygen atoms in total. The number of amides is 4. The molecule has 2 aromatic heterocycles. The number of ether oxygens (including phenoxy) is 3. The molecule has 4 N–H and O–H groups in total. The first-order chi connectivity index (χ1) is 29.6. The Kier molecular flexibility index (Phi) is 11.2. The molecule has 0 radical (unpaired) electrons. The van der Waals surface area contributed by atoms with Gasteiger partial charge in [0.2, 0.25) is 11.8 Å². The lowest BCUT2D eigenvalue weighted by molar-refractivity contribution is -0.140. The third-order valence-corrected chi connectivity index (χ3v) is 13.4. The lowest BCUT2D eigenvalue weighted by Crippen LogP contribution is -2.55. The fourth-order valence-electron chi connectivity index (χ4n) is 10.3. The summed E-state index contributed by atoms with van der Waals surface area (Å²) >= 11 is 0. The van der Waals surface area contributed by atoms with E-state index in [2.05, 4.69) is 75.2 Å². The van der Waals surface area contributed by atoms with Crippen molar-refractivity contribution >= 4 is 45.8 Å². The van der Waals surface area contributed by atoms with Crippen LogP contribution in [0.4, 0.5) is 9.59 Å². The third-order valence-electron chi connectivity index (χ3n) is 13.4. The summed E-state index contributed by atoms with van der Waals surface area (Å²) in [6, 6.07) is 17.3. The minimum Gasteiger partial charge on any atom is -0.453 e. The topological polar surface area (TPSA) is 184 Å². The van der Waals surface area contributed by atoms with Crippen molar-refractivity contribution in [2.75, 3.05) is 34.0 Å². The highest BCUT2D eigenvalue weighted by Gasteiger charge is 2.52. The van der Waals surface area contributed by atoms with Gasteiger partial charge in [0.1, 0.15) is 23.7 Å². The van der Waals surface area contributed by atoms with E-state index in [4.69, 9.17) is 24.2 Å². The van der Waals surface area contributed by atoms with Crippen molar-refractivity contribution in [3.63, 3.8) is 0 Å². The Morgan fingerprint density at radius 1 is 0.820 bits per heavy atom. The van der Waals surface area contributed by atoms with Crippen LogP contribution in [0.5, 0.6) is 0 Å². The molecule has 320 valence electrons. The molecule has 61 heavy (non-hydrogen) atoms. The first-order valence-corrected chi connectivity index (χ1v) is 21.6. The number of rotatable bonds is 10. The summed E-state index contributed by atoms with van der Waals surface area (Å²) in [6.45, 7) is 5.53. The van der Waals surface area contributed by atoms with E-state index in [1.807, 2.05) is 29.8 Å². The van der Waals surface area contributed by atoms with E-state index in [9.17, 15) is 19.2 Å². The molecule has 5 heterocycles. The Morgan fingerprint density at radius 3 is 2.31 bits per heavy atom. The molecule has 1 saturated carbocycles. The summed E-state index contributed by atoms with van der Waals surface area (Å²) in [5.74, 6) is 1.46. The quantitative estimate of drug-likeness (QED) is 0.115. The maximum absolute atomic E-state index is 14.5. The van der Waals surface area contributed by atoms with Crippen LogP contribution in [0.15, 0.2) is 60.8 Å². The molecule has 4 amide bonds. The maximum atomic E-state index is 14.5. The van der Waals surface area contributed by atoms with Gasteiger partial charge >= 0.3 is 12.2 Å². The fourth-order valence-corrected chi connectivity index (χ4v) is 10.3. The number of piperidine rings is 1. The van der Waals surface area contributed by atoms with Gasteiger partial charge in [-0.05, 0) is 96.9 Å². The molecule has 3 aromatic carbocycles. The predicted octanol–water partition coefficient (Wildman–Crippen LogP) is 7.02. The summed E-state index contributed by atoms with van der Waals surface area (Å²) in [6.07, 6.45) is 6.51. The number of nitrogens with zero attached hydrogens (tertiary/aromatic N) is 4. The molecule has 4 aliphatic rings. The van der Waals surface area contributed by atoms with Crippen molar-refractivity contribution in [3.8, 4) is 22.4 Å². The number of nitrogens with one attached hydrogen (secondary N) is 4. The van der Waals surface area contributed by atoms with E-state index in [0.717, 1.165) is 87.9 Å². The molecule has 15 heteroatoms. The number of hydrogen-bond donors (Lipinski definition) is 4. The van der Waals surface area contributed by atoms with Gasteiger partial charge in [-0.2, -0.15) is 0 Å². The molecule has 6 atom stereocenters. The standard InChI is InChI=1S/C46H54N8O7/c1-25(2)37(51-45(57)59-3)43(55)53-19-5-6-36(53)41-47-24-35(49-41)27-9-7-26(8-10-27)29-12-15-33-30(22-29)13-16-34-39(33)50-42(48-34)40-31-11-14-32(23-31)54(40)44(56)38(52-46(58)60-4)28-17-20-61-21-18-28/h7-10,12-13,15-16,22,24-25,28,31-32,36-38,40H,5-6,11,14,17-21,23H2,1-4H3,(H,47,49)(H,48,50)(H,51,57)(H,52,58)/t31-,32+,36-,37?,38-,40?/m0/s1. The van der Waals surface area contributed by atoms with E-state index in [1.54, 1.807) is 0 Å². The number of carbonyl (C=O) groups is 4. The Morgan fingerprint density at radius 2 is 1.56 bits per heavy atom. The first kappa shape index (κ1) is 40.4. The Balaban J connectivity index is 0.928. The van der Waals surface area contributed by atoms with Gasteiger partial charge in [0.25, 0.3) is 0 Å². The van der Waals surface area contributed by atoms with E-state index in [-0.39, 0.29) is 47.7 Å². The van der Waals surface area contributed by atoms with Gasteiger partial charge < -0.3 is 44.6 Å². The van der Waals surface area contributed by atoms with Crippen LogP contribution in [-0.2, 0) is 23.8 Å². The fraction of sp³-hybridized carbons (Fsp3) is 0.478. The molecule has 2 bridgehead atoms. The summed E-state index contributed by atoms with van der Waals surface area (Å²) in [4.78, 5) is 73.4. The summed E-state index contributed by atoms with van der Waals surface area (Å²) in [7, 11) is 2.62. The van der Waals surface area contributed by atoms with Crippen molar-refractivity contribution in [2.45, 2.75) is 89.0 Å². The molecule has 0 spiro atoms. The van der Waals surface area contributed by atoms with E-state index in [1.165, 1.54) is 14.2 Å². The lowest BCUT2D eigenvalue weighted by atomic mass is 9.89. The highest BCUT2D eigenvalue weighted by Crippen LogP contribution is 2.50. The summed E-state index contributed by atoms with van der Waals surface area (Å²) in [5, 5.41) is 7.68. The smallest absolute Gasteiger partial charge is 0.407 e. The highest BCUT2D eigenvalue weighted by molar-refractivity contribution is 6.05. The minimum atomic E-state index is -0.692. The van der Waals surface area contributed by atoms with Gasteiger partial charge in [0, 0.05) is 31.2 Å². The van der Waals surface area contributed by atoms with Crippen molar-refractivity contribution in [1.29, 1.82) is 0 Å². The van der Waals surface area contributed by atoms with Crippen LogP contribution in [0.2, 0.25) is 0 Å². The molecule has 1 aliphatic carbocycles. The zero-order valence-electron chi connectivity index (χ0n) is 35.1. The predicted molar refractivity (Wildman–Crippen MR) is 228 cm³/mol. The second kappa shape index (κ2) is 16.8. The number of imidazole rings is 2. The van der Waals surface area contributed by atoms with Gasteiger partial charge in [-0.3, -0.25) is 9.59 Å². The highest BCUT2D eigenvalue weighted by atomic mass is 16.5. The summed E-state index contributed by atoms with van der Waals surface area (Å²) in [5.41, 5.74) is 5.76. The molecule has 2 unspecified atom stereocenters. The van der Waals surface area contributed by atoms with Crippen LogP contribution in [0.1, 0.15) is 82.5 Å². The van der Waals surface area contributed by atoms with E-state index < -0.39 is 24.3 Å². The number of likely N-dealkylation sites (tertiary alicyclic amines) is 2. The van der Waals surface area contributed by atoms with Gasteiger partial charge in [0.15, 0.2) is 0 Å². The van der Waals surface area contributed by atoms with Crippen LogP contribution in [-0.4, -0.2) is 106 Å². The van der Waals surface area contributed by atoms with Crippen molar-refractivity contribution in [3.05, 3.63) is 72.4 Å². The van der Waals surface area contributed by atoms with Gasteiger partial charge in [-0.25, -0.2) is 19.6 Å². The Bertz CT molecular complexity index is 2440. The number of aromatic nitrogens is 4. The molecule has 5 aromatic rings. The number of H-pyrrole nitrogens is 2. The molecule has 3 saturated heterocycles. The monoisotopic (exact) mass is 830 g/mol. The third kappa shape index (κ3) is 7.68. The van der Waals surface area contributed by atoms with Crippen LogP contribution < -0.4 is 10.6 Å². The SMILES string of the molecule is COC(=O)NC(C(=O)N1CCC[C@H]1c1ncc(-c2ccc(-c3ccc4c(ccc5[nH]c(C6[C@H]7CC[C@H](C7)N6C(=O)[C@@H](NC(=O)OC)C6CCOCC6)nc54)c3)cc2)[nH]1)C(C)C. The first-order valence-electron chi connectivity index (χ1n) is 21.6. The van der Waals surface area contributed by atoms with Crippen molar-refractivity contribution in [2.24, 2.45) is 17.8 Å². The van der Waals surface area contributed by atoms with Crippen LogP contribution >= 0.6 is 0 Å². The molecule has 9 rings (SSSR count). The lowest BCUT2D eigenvalue weighted by Gasteiger charge is -2.39. The van der Waals surface area contributed by atoms with Gasteiger partial charge in [-0.15, -0.1) is 0 Å². The number of hydrogen-bond acceptors (Lipinski definition) is 9. The second-order valence-electron chi connectivity index (χ2n) is 17.3. The molecule has 4 fully saturated rings. The van der Waals surface area contributed by atoms with E-state index >= 15 is 0 Å².